The van der Waals surface area contributed by atoms with Crippen LogP contribution in [0.4, 0.5) is 4.39 Å². The molecule has 0 amide bonds. The van der Waals surface area contributed by atoms with E-state index < -0.39 is 0 Å². The van der Waals surface area contributed by atoms with Crippen LogP contribution < -0.4 is 5.32 Å². The van der Waals surface area contributed by atoms with Gasteiger partial charge in [-0.05, 0) is 37.1 Å². The Bertz CT molecular complexity index is 599. The predicted octanol–water partition coefficient (Wildman–Crippen LogP) is 2.58. The number of benzene rings is 1. The number of ether oxygens (including phenoxy) is 1. The number of rotatable bonds is 6. The summed E-state index contributed by atoms with van der Waals surface area (Å²) in [7, 11) is 3.58. The topological polar surface area (TPSA) is 39.1 Å². The highest BCUT2D eigenvalue weighted by Crippen LogP contribution is 2.26. The number of aryl methyl sites for hydroxylation is 3. The maximum atomic E-state index is 13.8. The second kappa shape index (κ2) is 6.83. The minimum Gasteiger partial charge on any atom is -0.383 e. The van der Waals surface area contributed by atoms with E-state index in [1.54, 1.807) is 25.6 Å². The maximum Gasteiger partial charge on any atom is 0.129 e. The number of nitrogens with zero attached hydrogens (tertiary/aromatic N) is 2. The summed E-state index contributed by atoms with van der Waals surface area (Å²) in [6, 6.07) is 3.70. The molecular weight excluding hydrogens is 269 g/mol. The summed E-state index contributed by atoms with van der Waals surface area (Å²) in [6.45, 7) is 5.73. The monoisotopic (exact) mass is 291 g/mol. The third kappa shape index (κ3) is 3.68. The molecule has 0 aliphatic heterocycles. The van der Waals surface area contributed by atoms with Crippen molar-refractivity contribution in [3.05, 3.63) is 40.8 Å². The first-order valence-electron chi connectivity index (χ1n) is 7.02. The molecule has 0 fully saturated rings. The Labute approximate surface area is 124 Å². The Morgan fingerprint density at radius 3 is 2.57 bits per heavy atom. The Morgan fingerprint density at radius 1 is 1.29 bits per heavy atom. The van der Waals surface area contributed by atoms with Gasteiger partial charge < -0.3 is 10.1 Å². The molecule has 0 atom stereocenters. The molecule has 0 saturated heterocycles. The van der Waals surface area contributed by atoms with Crippen molar-refractivity contribution in [2.24, 2.45) is 7.05 Å². The van der Waals surface area contributed by atoms with E-state index in [2.05, 4.69) is 10.4 Å². The molecule has 0 unspecified atom stereocenters. The fraction of sp³-hybridized carbons (Fsp3) is 0.438. The SMILES string of the molecule is COCCNCc1cn(C)nc1-c1cc(C)c(F)c(C)c1. The number of hydrogen-bond acceptors (Lipinski definition) is 3. The van der Waals surface area contributed by atoms with Crippen LogP contribution in [-0.4, -0.2) is 30.0 Å². The highest BCUT2D eigenvalue weighted by molar-refractivity contribution is 5.64. The number of halogens is 1. The lowest BCUT2D eigenvalue weighted by molar-refractivity contribution is 0.199. The predicted molar refractivity (Wildman–Crippen MR) is 81.7 cm³/mol. The Morgan fingerprint density at radius 2 is 1.95 bits per heavy atom. The summed E-state index contributed by atoms with van der Waals surface area (Å²) in [5, 5.41) is 7.83. The standard InChI is InChI=1S/C16H22FN3O/c1-11-7-13(8-12(2)15(11)17)16-14(10-20(3)19-16)9-18-5-6-21-4/h7-8,10,18H,5-6,9H2,1-4H3. The maximum absolute atomic E-state index is 13.8. The molecule has 114 valence electrons. The highest BCUT2D eigenvalue weighted by atomic mass is 19.1. The van der Waals surface area contributed by atoms with Crippen LogP contribution in [-0.2, 0) is 18.3 Å². The fourth-order valence-corrected chi connectivity index (χ4v) is 2.39. The van der Waals surface area contributed by atoms with Gasteiger partial charge in [-0.15, -0.1) is 0 Å². The van der Waals surface area contributed by atoms with Crippen molar-refractivity contribution in [3.8, 4) is 11.3 Å². The third-order valence-corrected chi connectivity index (χ3v) is 3.41. The van der Waals surface area contributed by atoms with Crippen LogP contribution in [0.1, 0.15) is 16.7 Å². The smallest absolute Gasteiger partial charge is 0.129 e. The number of aromatic nitrogens is 2. The van der Waals surface area contributed by atoms with Gasteiger partial charge in [-0.3, -0.25) is 4.68 Å². The van der Waals surface area contributed by atoms with Crippen LogP contribution in [0.3, 0.4) is 0 Å². The quantitative estimate of drug-likeness (QED) is 0.831. The lowest BCUT2D eigenvalue weighted by Crippen LogP contribution is -2.18. The zero-order valence-corrected chi connectivity index (χ0v) is 13.0. The Hall–Kier alpha value is -1.72. The van der Waals surface area contributed by atoms with Crippen molar-refractivity contribution in [1.29, 1.82) is 0 Å². The molecule has 1 N–H and O–H groups in total. The highest BCUT2D eigenvalue weighted by Gasteiger charge is 2.13. The number of hydrogen-bond donors (Lipinski definition) is 1. The zero-order valence-electron chi connectivity index (χ0n) is 13.0. The summed E-state index contributed by atoms with van der Waals surface area (Å²) in [5.41, 5.74) is 4.24. The van der Waals surface area contributed by atoms with Gasteiger partial charge >= 0.3 is 0 Å². The summed E-state index contributed by atoms with van der Waals surface area (Å²) < 4.78 is 20.6. The van der Waals surface area contributed by atoms with Gasteiger partial charge in [-0.2, -0.15) is 5.10 Å². The summed E-state index contributed by atoms with van der Waals surface area (Å²) in [4.78, 5) is 0. The third-order valence-electron chi connectivity index (χ3n) is 3.41. The van der Waals surface area contributed by atoms with Crippen LogP contribution >= 0.6 is 0 Å². The molecule has 1 aromatic carbocycles. The van der Waals surface area contributed by atoms with Crippen LogP contribution in [0.25, 0.3) is 11.3 Å². The molecule has 2 aromatic rings. The minimum absolute atomic E-state index is 0.144. The molecule has 0 aliphatic rings. The molecule has 21 heavy (non-hydrogen) atoms. The second-order valence-corrected chi connectivity index (χ2v) is 5.27. The largest absolute Gasteiger partial charge is 0.383 e. The molecule has 0 radical (unpaired) electrons. The van der Waals surface area contributed by atoms with Gasteiger partial charge in [0, 0.05) is 44.6 Å². The van der Waals surface area contributed by atoms with E-state index in [4.69, 9.17) is 4.74 Å². The first-order valence-corrected chi connectivity index (χ1v) is 7.02. The molecule has 0 saturated carbocycles. The van der Waals surface area contributed by atoms with E-state index in [0.29, 0.717) is 24.3 Å². The first-order chi connectivity index (χ1) is 10.0. The van der Waals surface area contributed by atoms with E-state index >= 15 is 0 Å². The van der Waals surface area contributed by atoms with Gasteiger partial charge in [0.05, 0.1) is 12.3 Å². The van der Waals surface area contributed by atoms with Gasteiger partial charge in [0.15, 0.2) is 0 Å². The van der Waals surface area contributed by atoms with Crippen molar-refractivity contribution in [3.63, 3.8) is 0 Å². The molecule has 0 bridgehead atoms. The Balaban J connectivity index is 2.27. The summed E-state index contributed by atoms with van der Waals surface area (Å²) >= 11 is 0. The molecule has 1 heterocycles. The van der Waals surface area contributed by atoms with Crippen LogP contribution in [0, 0.1) is 19.7 Å². The van der Waals surface area contributed by atoms with E-state index in [1.165, 1.54) is 0 Å². The second-order valence-electron chi connectivity index (χ2n) is 5.27. The minimum atomic E-state index is -0.144. The molecule has 0 aliphatic carbocycles. The summed E-state index contributed by atoms with van der Waals surface area (Å²) in [5.74, 6) is -0.144. The summed E-state index contributed by atoms with van der Waals surface area (Å²) in [6.07, 6.45) is 1.99. The van der Waals surface area contributed by atoms with Gasteiger partial charge in [-0.1, -0.05) is 0 Å². The van der Waals surface area contributed by atoms with E-state index in [1.807, 2.05) is 25.4 Å². The van der Waals surface area contributed by atoms with E-state index in [0.717, 1.165) is 23.4 Å². The average Bonchev–Trinajstić information content (AvgIpc) is 2.81. The number of methoxy groups -OCH3 is 1. The van der Waals surface area contributed by atoms with E-state index in [-0.39, 0.29) is 5.82 Å². The van der Waals surface area contributed by atoms with Crippen LogP contribution in [0.2, 0.25) is 0 Å². The fourth-order valence-electron chi connectivity index (χ4n) is 2.39. The van der Waals surface area contributed by atoms with Crippen molar-refractivity contribution in [2.45, 2.75) is 20.4 Å². The van der Waals surface area contributed by atoms with Crippen molar-refractivity contribution >= 4 is 0 Å². The average molecular weight is 291 g/mol. The van der Waals surface area contributed by atoms with Gasteiger partial charge in [-0.25, -0.2) is 4.39 Å². The van der Waals surface area contributed by atoms with Crippen LogP contribution in [0.5, 0.6) is 0 Å². The number of nitrogens with one attached hydrogen (secondary N) is 1. The Kier molecular flexibility index (Phi) is 5.09. The molecule has 5 heteroatoms. The van der Waals surface area contributed by atoms with Crippen molar-refractivity contribution in [1.82, 2.24) is 15.1 Å². The van der Waals surface area contributed by atoms with Crippen molar-refractivity contribution in [2.75, 3.05) is 20.3 Å². The van der Waals surface area contributed by atoms with Crippen LogP contribution in [0.15, 0.2) is 18.3 Å². The first kappa shape index (κ1) is 15.7. The molecule has 1 aromatic heterocycles. The zero-order chi connectivity index (χ0) is 15.4. The normalized spacial score (nSPS) is 11.1. The van der Waals surface area contributed by atoms with E-state index in [9.17, 15) is 4.39 Å². The lowest BCUT2D eigenvalue weighted by atomic mass is 10.0. The molecule has 2 rings (SSSR count). The molecule has 4 nitrogen and oxygen atoms in total. The van der Waals surface area contributed by atoms with Gasteiger partial charge in [0.25, 0.3) is 0 Å². The van der Waals surface area contributed by atoms with Gasteiger partial charge in [0.1, 0.15) is 5.82 Å². The molecule has 0 spiro atoms. The van der Waals surface area contributed by atoms with Crippen molar-refractivity contribution < 1.29 is 9.13 Å². The molecular formula is C16H22FN3O. The van der Waals surface area contributed by atoms with Gasteiger partial charge in [0.2, 0.25) is 0 Å². The lowest BCUT2D eigenvalue weighted by Gasteiger charge is -2.08.